The van der Waals surface area contributed by atoms with Gasteiger partial charge < -0.3 is 0 Å². The van der Waals surface area contributed by atoms with Crippen LogP contribution in [0, 0.1) is 5.92 Å². The van der Waals surface area contributed by atoms with Gasteiger partial charge in [0.2, 0.25) is 0 Å². The highest BCUT2D eigenvalue weighted by atomic mass is 32.1. The third-order valence-corrected chi connectivity index (χ3v) is 3.45. The monoisotopic (exact) mass is 230 g/mol. The van der Waals surface area contributed by atoms with Gasteiger partial charge in [0.25, 0.3) is 0 Å². The Labute approximate surface area is 103 Å². The van der Waals surface area contributed by atoms with Crippen LogP contribution in [0.3, 0.4) is 0 Å². The molecule has 0 aliphatic rings. The summed E-state index contributed by atoms with van der Waals surface area (Å²) in [7, 11) is 0. The van der Waals surface area contributed by atoms with Gasteiger partial charge in [0.1, 0.15) is 0 Å². The fourth-order valence-electron chi connectivity index (χ4n) is 2.13. The van der Waals surface area contributed by atoms with Crippen molar-refractivity contribution in [1.82, 2.24) is 0 Å². The molecule has 0 aromatic carbocycles. The van der Waals surface area contributed by atoms with E-state index in [-0.39, 0.29) is 0 Å². The maximum Gasteiger partial charge on any atom is -0.00979 e. The van der Waals surface area contributed by atoms with Crippen LogP contribution in [0.15, 0.2) is 0 Å². The van der Waals surface area contributed by atoms with Gasteiger partial charge >= 0.3 is 0 Å². The predicted octanol–water partition coefficient (Wildman–Crippen LogP) is 5.47. The van der Waals surface area contributed by atoms with E-state index in [0.717, 1.165) is 11.7 Å². The Morgan fingerprint density at radius 2 is 1.33 bits per heavy atom. The zero-order chi connectivity index (χ0) is 11.4. The molecule has 0 aromatic heterocycles. The summed E-state index contributed by atoms with van der Waals surface area (Å²) in [5, 5.41) is 0. The number of unbranched alkanes of at least 4 members (excludes halogenated alkanes) is 6. The molecule has 0 fully saturated rings. The van der Waals surface area contributed by atoms with Crippen molar-refractivity contribution < 1.29 is 0 Å². The molecule has 0 nitrogen and oxygen atoms in total. The largest absolute Gasteiger partial charge is 0.179 e. The summed E-state index contributed by atoms with van der Waals surface area (Å²) in [4.78, 5) is 0. The molecule has 0 bridgehead atoms. The van der Waals surface area contributed by atoms with Gasteiger partial charge in [0, 0.05) is 0 Å². The highest BCUT2D eigenvalue weighted by Gasteiger charge is 1.99. The first kappa shape index (κ1) is 15.3. The van der Waals surface area contributed by atoms with Gasteiger partial charge in [0.05, 0.1) is 0 Å². The molecule has 0 spiro atoms. The third kappa shape index (κ3) is 12.3. The summed E-state index contributed by atoms with van der Waals surface area (Å²) >= 11 is 4.22. The predicted molar refractivity (Wildman–Crippen MR) is 74.9 cm³/mol. The van der Waals surface area contributed by atoms with E-state index in [4.69, 9.17) is 0 Å². The van der Waals surface area contributed by atoms with Crippen molar-refractivity contribution >= 4 is 12.6 Å². The van der Waals surface area contributed by atoms with Gasteiger partial charge in [-0.3, -0.25) is 0 Å². The van der Waals surface area contributed by atoms with E-state index < -0.39 is 0 Å². The lowest BCUT2D eigenvalue weighted by atomic mass is 9.98. The lowest BCUT2D eigenvalue weighted by Crippen LogP contribution is -1.93. The molecule has 0 aromatic rings. The fraction of sp³-hybridized carbons (Fsp3) is 1.00. The Hall–Kier alpha value is 0.350. The van der Waals surface area contributed by atoms with Crippen molar-refractivity contribution in [2.75, 3.05) is 5.75 Å². The van der Waals surface area contributed by atoms with Gasteiger partial charge in [-0.2, -0.15) is 12.6 Å². The van der Waals surface area contributed by atoms with Crippen LogP contribution in [0.1, 0.15) is 78.1 Å². The zero-order valence-electron chi connectivity index (χ0n) is 10.8. The van der Waals surface area contributed by atoms with Crippen molar-refractivity contribution in [1.29, 1.82) is 0 Å². The SMILES string of the molecule is CCCC(C)CCCCCCCCCS. The number of thiol groups is 1. The summed E-state index contributed by atoms with van der Waals surface area (Å²) in [6.45, 7) is 4.69. The Morgan fingerprint density at radius 1 is 0.800 bits per heavy atom. The van der Waals surface area contributed by atoms with E-state index in [9.17, 15) is 0 Å². The second kappa shape index (κ2) is 12.4. The van der Waals surface area contributed by atoms with Gasteiger partial charge in [-0.05, 0) is 18.1 Å². The van der Waals surface area contributed by atoms with Crippen LogP contribution >= 0.6 is 12.6 Å². The molecule has 0 aliphatic heterocycles. The highest BCUT2D eigenvalue weighted by molar-refractivity contribution is 7.80. The molecule has 0 saturated heterocycles. The third-order valence-electron chi connectivity index (χ3n) is 3.14. The van der Waals surface area contributed by atoms with Crippen molar-refractivity contribution in [3.8, 4) is 0 Å². The topological polar surface area (TPSA) is 0 Å². The minimum atomic E-state index is 0.958. The molecule has 15 heavy (non-hydrogen) atoms. The van der Waals surface area contributed by atoms with E-state index in [1.165, 1.54) is 64.2 Å². The van der Waals surface area contributed by atoms with Crippen LogP contribution in [0.2, 0.25) is 0 Å². The van der Waals surface area contributed by atoms with Crippen molar-refractivity contribution in [3.05, 3.63) is 0 Å². The van der Waals surface area contributed by atoms with Gasteiger partial charge in [-0.1, -0.05) is 71.6 Å². The molecule has 1 heteroatoms. The summed E-state index contributed by atoms with van der Waals surface area (Å²) < 4.78 is 0. The molecule has 0 amide bonds. The average Bonchev–Trinajstić information content (AvgIpc) is 2.22. The summed E-state index contributed by atoms with van der Waals surface area (Å²) in [5.74, 6) is 2.02. The molecule has 1 unspecified atom stereocenters. The highest BCUT2D eigenvalue weighted by Crippen LogP contribution is 2.16. The van der Waals surface area contributed by atoms with Gasteiger partial charge in [-0.15, -0.1) is 0 Å². The Bertz CT molecular complexity index is 112. The summed E-state index contributed by atoms with van der Waals surface area (Å²) in [6, 6.07) is 0. The van der Waals surface area contributed by atoms with Crippen LogP contribution in [-0.4, -0.2) is 5.75 Å². The van der Waals surface area contributed by atoms with E-state index in [0.29, 0.717) is 0 Å². The summed E-state index contributed by atoms with van der Waals surface area (Å²) in [6.07, 6.45) is 14.1. The molecule has 0 saturated carbocycles. The molecule has 0 heterocycles. The van der Waals surface area contributed by atoms with Gasteiger partial charge in [-0.25, -0.2) is 0 Å². The average molecular weight is 230 g/mol. The van der Waals surface area contributed by atoms with E-state index >= 15 is 0 Å². The quantitative estimate of drug-likeness (QED) is 0.353. The minimum Gasteiger partial charge on any atom is -0.179 e. The van der Waals surface area contributed by atoms with Crippen molar-refractivity contribution in [3.63, 3.8) is 0 Å². The second-order valence-corrected chi connectivity index (χ2v) is 5.33. The van der Waals surface area contributed by atoms with Crippen LogP contribution in [0.5, 0.6) is 0 Å². The van der Waals surface area contributed by atoms with Crippen molar-refractivity contribution in [2.24, 2.45) is 5.92 Å². The van der Waals surface area contributed by atoms with Crippen LogP contribution in [0.4, 0.5) is 0 Å². The van der Waals surface area contributed by atoms with E-state index in [1.54, 1.807) is 0 Å². The Kier molecular flexibility index (Phi) is 12.7. The van der Waals surface area contributed by atoms with E-state index in [1.807, 2.05) is 0 Å². The summed E-state index contributed by atoms with van der Waals surface area (Å²) in [5.41, 5.74) is 0. The fourth-order valence-corrected chi connectivity index (χ4v) is 2.35. The molecule has 0 aliphatic carbocycles. The van der Waals surface area contributed by atoms with E-state index in [2.05, 4.69) is 26.5 Å². The molecule has 0 N–H and O–H groups in total. The molecule has 1 atom stereocenters. The Balaban J connectivity index is 2.98. The van der Waals surface area contributed by atoms with Crippen molar-refractivity contribution in [2.45, 2.75) is 78.1 Å². The van der Waals surface area contributed by atoms with Crippen LogP contribution in [0.25, 0.3) is 0 Å². The number of rotatable bonds is 11. The lowest BCUT2D eigenvalue weighted by Gasteiger charge is -2.09. The van der Waals surface area contributed by atoms with Gasteiger partial charge in [0.15, 0.2) is 0 Å². The molecule has 0 rings (SSSR count). The maximum atomic E-state index is 4.22. The number of hydrogen-bond acceptors (Lipinski definition) is 1. The molecular formula is C14H30S. The standard InChI is InChI=1S/C14H30S/c1-3-11-14(2)12-9-7-5-4-6-8-10-13-15/h14-15H,3-13H2,1-2H3. The first-order valence-electron chi connectivity index (χ1n) is 6.92. The molecular weight excluding hydrogens is 200 g/mol. The minimum absolute atomic E-state index is 0.958. The molecule has 92 valence electrons. The Morgan fingerprint density at radius 3 is 1.87 bits per heavy atom. The first-order chi connectivity index (χ1) is 7.31. The lowest BCUT2D eigenvalue weighted by molar-refractivity contribution is 0.451. The maximum absolute atomic E-state index is 4.22. The number of hydrogen-bond donors (Lipinski definition) is 1. The first-order valence-corrected chi connectivity index (χ1v) is 7.55. The second-order valence-electron chi connectivity index (χ2n) is 4.88. The zero-order valence-corrected chi connectivity index (χ0v) is 11.7. The molecule has 0 radical (unpaired) electrons. The van der Waals surface area contributed by atoms with Crippen LogP contribution in [-0.2, 0) is 0 Å². The normalized spacial score (nSPS) is 13.0. The van der Waals surface area contributed by atoms with Crippen LogP contribution < -0.4 is 0 Å². The smallest absolute Gasteiger partial charge is 0.00979 e.